The van der Waals surface area contributed by atoms with Crippen LogP contribution in [0.25, 0.3) is 0 Å². The van der Waals surface area contributed by atoms with Gasteiger partial charge in [-0.25, -0.2) is 14.5 Å². The van der Waals surface area contributed by atoms with E-state index in [4.69, 9.17) is 9.30 Å². The number of amides is 6. The van der Waals surface area contributed by atoms with E-state index in [9.17, 15) is 24.3 Å². The van der Waals surface area contributed by atoms with E-state index in [1.165, 1.54) is 19.6 Å². The number of carbonyl (C=O) groups excluding carboxylic acids is 4. The van der Waals surface area contributed by atoms with Gasteiger partial charge in [-0.05, 0) is 138 Å². The van der Waals surface area contributed by atoms with E-state index in [1.807, 2.05) is 13.0 Å². The number of nitrogens with zero attached hydrogens (tertiary/aromatic N) is 4. The van der Waals surface area contributed by atoms with Crippen LogP contribution >= 0.6 is 21.0 Å². The largest absolute Gasteiger partial charge is 0.356 e. The summed E-state index contributed by atoms with van der Waals surface area (Å²) in [6.07, 6.45) is 5.31. The normalized spacial score (nSPS) is 38.3. The molecule has 3 saturated carbocycles. The number of nitrogens with one attached hydrogen (secondary N) is 1. The van der Waals surface area contributed by atoms with Crippen LogP contribution in [-0.4, -0.2) is 90.1 Å². The molecule has 300 valence electrons. The third-order valence-corrected chi connectivity index (χ3v) is 15.3. The lowest BCUT2D eigenvalue weighted by molar-refractivity contribution is -0.127. The van der Waals surface area contributed by atoms with Crippen LogP contribution in [0.2, 0.25) is 0 Å². The van der Waals surface area contributed by atoms with E-state index in [2.05, 4.69) is 62.3 Å². The van der Waals surface area contributed by atoms with Crippen LogP contribution in [0.5, 0.6) is 0 Å². The average molecular weight is 861 g/mol. The van der Waals surface area contributed by atoms with Crippen LogP contribution in [0, 0.1) is 43.5 Å². The van der Waals surface area contributed by atoms with E-state index in [-0.39, 0.29) is 57.2 Å². The molecule has 2 heterocycles. The molecule has 11 nitrogen and oxygen atoms in total. The number of fused-ring (bicyclic) bond motifs is 1. The molecule has 54 heavy (non-hydrogen) atoms. The summed E-state index contributed by atoms with van der Waals surface area (Å²) in [5.41, 5.74) is 6.83. The van der Waals surface area contributed by atoms with Crippen molar-refractivity contribution in [3.63, 3.8) is 0 Å². The summed E-state index contributed by atoms with van der Waals surface area (Å²) in [4.78, 5) is 62.9. The molecule has 8 unspecified atom stereocenters. The van der Waals surface area contributed by atoms with Crippen LogP contribution in [0.15, 0.2) is 18.2 Å². The molecule has 8 atom stereocenters. The zero-order valence-corrected chi connectivity index (χ0v) is 36.5. The maximum atomic E-state index is 14.8. The molecule has 1 saturated heterocycles. The van der Waals surface area contributed by atoms with Gasteiger partial charge in [0.15, 0.2) is 0 Å². The number of nitrogens with two attached hydrogens (primary N) is 1. The Hall–Kier alpha value is -2.45. The molecule has 6 amide bonds. The molecular formula is C42H65IN6O5. The summed E-state index contributed by atoms with van der Waals surface area (Å²) < 4.78 is 8.22. The molecule has 0 spiro atoms. The van der Waals surface area contributed by atoms with E-state index in [1.54, 1.807) is 12.1 Å². The van der Waals surface area contributed by atoms with Gasteiger partial charge in [0.1, 0.15) is 0 Å². The molecule has 4 N–H and O–H groups in total. The SMILES string of the molecule is Cc1ccc2c(c1)C(=O)N(C1CC(C)(C)CC(C)(CN3C(=O)N(CC4(C)CC(C)CC(C)(C)C4)C(=O)N(CC4(C)CC(N)CC(C)(I=N)C4)C3O)C1)C2=O. The first-order valence-corrected chi connectivity index (χ1v) is 22.1. The quantitative estimate of drug-likeness (QED) is 0.136. The summed E-state index contributed by atoms with van der Waals surface area (Å²) >= 11 is -0.874. The van der Waals surface area contributed by atoms with Crippen molar-refractivity contribution in [2.75, 3.05) is 19.6 Å². The summed E-state index contributed by atoms with van der Waals surface area (Å²) in [5.74, 6) is -0.123. The van der Waals surface area contributed by atoms with Gasteiger partial charge in [0.05, 0.1) is 11.1 Å². The highest BCUT2D eigenvalue weighted by atomic mass is 127. The second-order valence-electron chi connectivity index (χ2n) is 21.3. The Morgan fingerprint density at radius 2 is 1.28 bits per heavy atom. The van der Waals surface area contributed by atoms with Crippen molar-refractivity contribution >= 4 is 44.9 Å². The predicted molar refractivity (Wildman–Crippen MR) is 218 cm³/mol. The molecule has 0 radical (unpaired) electrons. The number of rotatable bonds is 8. The highest BCUT2D eigenvalue weighted by Gasteiger charge is 2.55. The first kappa shape index (κ1) is 41.2. The maximum Gasteiger partial charge on any atom is 0.331 e. The van der Waals surface area contributed by atoms with E-state index >= 15 is 0 Å². The average Bonchev–Trinajstić information content (AvgIpc) is 3.25. The Labute approximate surface area is 333 Å². The fourth-order valence-electron chi connectivity index (χ4n) is 12.7. The van der Waals surface area contributed by atoms with E-state index in [0.29, 0.717) is 42.7 Å². The van der Waals surface area contributed by atoms with Crippen LogP contribution in [-0.2, 0) is 0 Å². The summed E-state index contributed by atoms with van der Waals surface area (Å²) in [6, 6.07) is 3.91. The third kappa shape index (κ3) is 8.04. The number of aliphatic hydroxyl groups is 1. The minimum absolute atomic E-state index is 0.0572. The lowest BCUT2D eigenvalue weighted by Crippen LogP contribution is -2.70. The number of benzene rings is 1. The topological polar surface area (TPSA) is 151 Å². The fourth-order valence-corrected chi connectivity index (χ4v) is 14.6. The number of hydrogen-bond acceptors (Lipinski definition) is 7. The van der Waals surface area contributed by atoms with Gasteiger partial charge in [-0.2, -0.15) is 0 Å². The molecule has 1 aromatic rings. The van der Waals surface area contributed by atoms with Gasteiger partial charge >= 0.3 is 12.1 Å². The van der Waals surface area contributed by atoms with Crippen molar-refractivity contribution in [2.45, 2.75) is 149 Å². The standard InChI is InChI=1S/C42H65IN6O5/c1-26-11-12-30-31(13-26)33(51)49(32(30)50)29-18-38(5,6)21-41(9,19-29)25-48-35(53)46(23-39(7)15-27(2)14-37(3,4)20-39)34(52)47(36(48)54)24-40(8)16-28(44)17-42(10,22-40)43-45/h11-13,27-29,36,45,54H,14-25,44H2,1-10H3. The molecule has 4 fully saturated rings. The number of alkyl halides is 1. The lowest BCUT2D eigenvalue weighted by Gasteiger charge is -2.55. The van der Waals surface area contributed by atoms with Gasteiger partial charge in [-0.1, -0.05) is 67.0 Å². The summed E-state index contributed by atoms with van der Waals surface area (Å²) in [5, 5.41) is 12.3. The minimum Gasteiger partial charge on any atom is -0.356 e. The second-order valence-corrected chi connectivity index (χ2v) is 24.5. The van der Waals surface area contributed by atoms with Crippen molar-refractivity contribution < 1.29 is 24.3 Å². The summed E-state index contributed by atoms with van der Waals surface area (Å²) in [6.45, 7) is 22.1. The zero-order chi connectivity index (χ0) is 40.0. The summed E-state index contributed by atoms with van der Waals surface area (Å²) in [7, 11) is 0. The van der Waals surface area contributed by atoms with E-state index < -0.39 is 56.3 Å². The number of halogens is 1. The minimum atomic E-state index is -1.50. The smallest absolute Gasteiger partial charge is 0.331 e. The van der Waals surface area contributed by atoms with Crippen molar-refractivity contribution in [1.82, 2.24) is 19.6 Å². The van der Waals surface area contributed by atoms with Gasteiger partial charge in [0.2, 0.25) is 6.35 Å². The van der Waals surface area contributed by atoms with Crippen molar-refractivity contribution in [2.24, 2.45) is 38.7 Å². The Morgan fingerprint density at radius 3 is 1.85 bits per heavy atom. The van der Waals surface area contributed by atoms with Crippen molar-refractivity contribution in [3.05, 3.63) is 34.9 Å². The molecular weight excluding hydrogens is 795 g/mol. The van der Waals surface area contributed by atoms with Crippen LogP contribution in [0.1, 0.15) is 146 Å². The monoisotopic (exact) mass is 860 g/mol. The van der Waals surface area contributed by atoms with Gasteiger partial charge in [-0.15, -0.1) is 0 Å². The van der Waals surface area contributed by atoms with E-state index in [0.717, 1.165) is 37.7 Å². The second kappa shape index (κ2) is 13.9. The molecule has 1 aromatic carbocycles. The van der Waals surface area contributed by atoms with Crippen LogP contribution in [0.3, 0.4) is 0 Å². The number of carbonyl (C=O) groups is 4. The van der Waals surface area contributed by atoms with Crippen LogP contribution < -0.4 is 5.73 Å². The fraction of sp³-hybridized carbons (Fsp3) is 0.762. The Morgan fingerprint density at radius 1 is 0.741 bits per heavy atom. The highest BCUT2D eigenvalue weighted by molar-refractivity contribution is 14.2. The molecule has 12 heteroatoms. The van der Waals surface area contributed by atoms with Crippen LogP contribution in [0.4, 0.5) is 9.59 Å². The van der Waals surface area contributed by atoms with Gasteiger partial charge in [0, 0.05) is 35.1 Å². The number of urea groups is 2. The Balaban J connectivity index is 1.33. The van der Waals surface area contributed by atoms with Crippen molar-refractivity contribution in [3.8, 4) is 0 Å². The molecule has 0 bridgehead atoms. The number of aliphatic hydroxyl groups excluding tert-OH is 1. The van der Waals surface area contributed by atoms with Crippen molar-refractivity contribution in [1.29, 1.82) is 3.56 Å². The van der Waals surface area contributed by atoms with Gasteiger partial charge in [-0.3, -0.25) is 27.9 Å². The molecule has 3 aliphatic carbocycles. The van der Waals surface area contributed by atoms with Gasteiger partial charge < -0.3 is 10.8 Å². The number of imide groups is 2. The first-order chi connectivity index (χ1) is 24.8. The highest BCUT2D eigenvalue weighted by Crippen LogP contribution is 2.52. The first-order valence-electron chi connectivity index (χ1n) is 19.9. The Kier molecular flexibility index (Phi) is 10.6. The maximum absolute atomic E-state index is 14.8. The van der Waals surface area contributed by atoms with Gasteiger partial charge in [0.25, 0.3) is 11.8 Å². The third-order valence-electron chi connectivity index (χ3n) is 13.1. The molecule has 5 aliphatic rings. The predicted octanol–water partition coefficient (Wildman–Crippen LogP) is 8.47. The number of hydrogen-bond donors (Lipinski definition) is 3. The Bertz CT molecular complexity index is 1730. The number of aryl methyl sites for hydroxylation is 1. The zero-order valence-electron chi connectivity index (χ0n) is 34.4. The molecule has 2 aliphatic heterocycles. The molecule has 6 rings (SSSR count). The lowest BCUT2D eigenvalue weighted by atomic mass is 9.61. The molecule has 0 aromatic heterocycles.